The molecule has 2 aromatic rings. The van der Waals surface area contributed by atoms with Gasteiger partial charge in [0.1, 0.15) is 6.04 Å². The molecule has 0 fully saturated rings. The van der Waals surface area contributed by atoms with Crippen molar-refractivity contribution in [1.29, 1.82) is 0 Å². The zero-order chi connectivity index (χ0) is 14.7. The fourth-order valence-electron chi connectivity index (χ4n) is 2.19. The highest BCUT2D eigenvalue weighted by Gasteiger charge is 2.27. The number of aromatic nitrogens is 2. The Morgan fingerprint density at radius 3 is 2.80 bits per heavy atom. The van der Waals surface area contributed by atoms with Crippen LogP contribution in [0.5, 0.6) is 0 Å². The molecule has 1 atom stereocenters. The molecule has 1 unspecified atom stereocenters. The van der Waals surface area contributed by atoms with Crippen LogP contribution >= 0.6 is 0 Å². The Bertz CT molecular complexity index is 596. The molecule has 1 aromatic heterocycles. The molecule has 1 aromatic carbocycles. The first-order valence-corrected chi connectivity index (χ1v) is 6.24. The highest BCUT2D eigenvalue weighted by Crippen LogP contribution is 2.25. The molecular weight excluding hydrogens is 258 g/mol. The second kappa shape index (κ2) is 5.83. The van der Waals surface area contributed by atoms with Crippen molar-refractivity contribution in [2.75, 3.05) is 7.05 Å². The van der Waals surface area contributed by atoms with E-state index in [1.165, 1.54) is 6.39 Å². The largest absolute Gasteiger partial charge is 0.480 e. The Balaban J connectivity index is 2.31. The third kappa shape index (κ3) is 3.03. The lowest BCUT2D eigenvalue weighted by Gasteiger charge is -2.25. The number of carboxylic acids is 1. The van der Waals surface area contributed by atoms with Crippen molar-refractivity contribution < 1.29 is 14.4 Å². The van der Waals surface area contributed by atoms with E-state index in [1.807, 2.05) is 32.0 Å². The van der Waals surface area contributed by atoms with Crippen molar-refractivity contribution in [3.63, 3.8) is 0 Å². The average molecular weight is 275 g/mol. The maximum atomic E-state index is 11.6. The van der Waals surface area contributed by atoms with Gasteiger partial charge in [-0.3, -0.25) is 9.69 Å². The summed E-state index contributed by atoms with van der Waals surface area (Å²) >= 11 is 0. The number of aliphatic carboxylic acids is 1. The van der Waals surface area contributed by atoms with Crippen molar-refractivity contribution in [2.24, 2.45) is 0 Å². The molecule has 0 aliphatic heterocycles. The number of likely N-dealkylation sites (N-methyl/N-ethyl adjacent to an activating group) is 1. The molecule has 106 valence electrons. The number of carboxylic acid groups (broad SMARTS) is 1. The van der Waals surface area contributed by atoms with E-state index in [0.717, 1.165) is 16.7 Å². The van der Waals surface area contributed by atoms with Crippen LogP contribution in [0.1, 0.15) is 28.6 Å². The molecule has 0 radical (unpaired) electrons. The summed E-state index contributed by atoms with van der Waals surface area (Å²) in [7, 11) is 1.73. The van der Waals surface area contributed by atoms with Gasteiger partial charge in [-0.25, -0.2) is 0 Å². The van der Waals surface area contributed by atoms with Gasteiger partial charge in [0, 0.05) is 0 Å². The van der Waals surface area contributed by atoms with Gasteiger partial charge >= 0.3 is 5.97 Å². The summed E-state index contributed by atoms with van der Waals surface area (Å²) in [6.45, 7) is 4.16. The predicted molar refractivity (Wildman–Crippen MR) is 72.1 cm³/mol. The molecule has 1 heterocycles. The van der Waals surface area contributed by atoms with Crippen LogP contribution in [0.15, 0.2) is 29.1 Å². The van der Waals surface area contributed by atoms with Gasteiger partial charge in [-0.2, -0.15) is 4.98 Å². The maximum Gasteiger partial charge on any atom is 0.325 e. The van der Waals surface area contributed by atoms with Crippen LogP contribution in [0.4, 0.5) is 0 Å². The van der Waals surface area contributed by atoms with Gasteiger partial charge in [0.15, 0.2) is 5.82 Å². The lowest BCUT2D eigenvalue weighted by atomic mass is 9.98. The lowest BCUT2D eigenvalue weighted by molar-refractivity contribution is -0.143. The maximum absolute atomic E-state index is 11.6. The van der Waals surface area contributed by atoms with Crippen molar-refractivity contribution in [3.8, 4) is 0 Å². The van der Waals surface area contributed by atoms with E-state index in [0.29, 0.717) is 12.4 Å². The summed E-state index contributed by atoms with van der Waals surface area (Å²) < 4.78 is 4.67. The Hall–Kier alpha value is -2.21. The number of rotatable bonds is 5. The van der Waals surface area contributed by atoms with E-state index in [1.54, 1.807) is 11.9 Å². The standard InChI is InChI=1S/C14H17N3O3/c1-9-4-5-10(2)11(6-9)13(14(18)19)17(3)7-12-15-8-20-16-12/h4-6,8,13H,7H2,1-3H3,(H,18,19). The number of benzene rings is 1. The average Bonchev–Trinajstić information content (AvgIpc) is 2.86. The Morgan fingerprint density at radius 2 is 2.20 bits per heavy atom. The van der Waals surface area contributed by atoms with E-state index in [4.69, 9.17) is 0 Å². The molecular formula is C14H17N3O3. The smallest absolute Gasteiger partial charge is 0.325 e. The first-order valence-electron chi connectivity index (χ1n) is 6.24. The molecule has 0 aliphatic rings. The molecule has 6 heteroatoms. The van der Waals surface area contributed by atoms with Crippen LogP contribution in [0.25, 0.3) is 0 Å². The fourth-order valence-corrected chi connectivity index (χ4v) is 2.19. The Morgan fingerprint density at radius 1 is 1.45 bits per heavy atom. The van der Waals surface area contributed by atoms with Crippen molar-refractivity contribution >= 4 is 5.97 Å². The van der Waals surface area contributed by atoms with Crippen molar-refractivity contribution in [3.05, 3.63) is 47.1 Å². The molecule has 0 saturated heterocycles. The van der Waals surface area contributed by atoms with Crippen LogP contribution in [-0.4, -0.2) is 33.2 Å². The Labute approximate surface area is 117 Å². The SMILES string of the molecule is Cc1ccc(C)c(C(C(=O)O)N(C)Cc2ncon2)c1. The molecule has 20 heavy (non-hydrogen) atoms. The molecule has 0 spiro atoms. The molecule has 0 amide bonds. The number of carbonyl (C=O) groups is 1. The second-order valence-electron chi connectivity index (χ2n) is 4.86. The first kappa shape index (κ1) is 14.2. The number of hydrogen-bond acceptors (Lipinski definition) is 5. The summed E-state index contributed by atoms with van der Waals surface area (Å²) in [5.74, 6) is -0.436. The van der Waals surface area contributed by atoms with E-state index in [2.05, 4.69) is 14.7 Å². The monoisotopic (exact) mass is 275 g/mol. The molecule has 2 rings (SSSR count). The summed E-state index contributed by atoms with van der Waals surface area (Å²) in [6, 6.07) is 5.06. The van der Waals surface area contributed by atoms with E-state index >= 15 is 0 Å². The number of nitrogens with zero attached hydrogens (tertiary/aromatic N) is 3. The zero-order valence-corrected chi connectivity index (χ0v) is 11.7. The third-order valence-electron chi connectivity index (χ3n) is 3.20. The van der Waals surface area contributed by atoms with Crippen LogP contribution < -0.4 is 0 Å². The van der Waals surface area contributed by atoms with Gasteiger partial charge in [-0.15, -0.1) is 0 Å². The minimum atomic E-state index is -0.898. The van der Waals surface area contributed by atoms with Gasteiger partial charge in [0.2, 0.25) is 6.39 Å². The molecule has 6 nitrogen and oxygen atoms in total. The predicted octanol–water partition coefficient (Wildman–Crippen LogP) is 1.94. The van der Waals surface area contributed by atoms with Crippen molar-refractivity contribution in [1.82, 2.24) is 15.0 Å². The molecule has 1 N–H and O–H groups in total. The van der Waals surface area contributed by atoms with Crippen LogP contribution in [0.2, 0.25) is 0 Å². The fraction of sp³-hybridized carbons (Fsp3) is 0.357. The topological polar surface area (TPSA) is 79.5 Å². The number of aryl methyl sites for hydroxylation is 2. The summed E-state index contributed by atoms with van der Waals surface area (Å²) in [4.78, 5) is 17.2. The summed E-state index contributed by atoms with van der Waals surface area (Å²) in [6.07, 6.45) is 1.23. The first-order chi connectivity index (χ1) is 9.49. The van der Waals surface area contributed by atoms with Gasteiger partial charge in [0.05, 0.1) is 6.54 Å². The van der Waals surface area contributed by atoms with Crippen LogP contribution in [0, 0.1) is 13.8 Å². The van der Waals surface area contributed by atoms with Crippen LogP contribution in [-0.2, 0) is 11.3 Å². The third-order valence-corrected chi connectivity index (χ3v) is 3.20. The van der Waals surface area contributed by atoms with E-state index in [-0.39, 0.29) is 0 Å². The highest BCUT2D eigenvalue weighted by molar-refractivity contribution is 5.76. The molecule has 0 aliphatic carbocycles. The minimum Gasteiger partial charge on any atom is -0.480 e. The van der Waals surface area contributed by atoms with Gasteiger partial charge in [-0.05, 0) is 32.0 Å². The zero-order valence-electron chi connectivity index (χ0n) is 11.7. The van der Waals surface area contributed by atoms with Crippen LogP contribution in [0.3, 0.4) is 0 Å². The van der Waals surface area contributed by atoms with Crippen molar-refractivity contribution in [2.45, 2.75) is 26.4 Å². The van der Waals surface area contributed by atoms with E-state index in [9.17, 15) is 9.90 Å². The van der Waals surface area contributed by atoms with Gasteiger partial charge in [-0.1, -0.05) is 28.9 Å². The summed E-state index contributed by atoms with van der Waals surface area (Å²) in [5, 5.41) is 13.2. The van der Waals surface area contributed by atoms with E-state index < -0.39 is 12.0 Å². The minimum absolute atomic E-state index is 0.306. The lowest BCUT2D eigenvalue weighted by Crippen LogP contribution is -2.31. The molecule has 0 bridgehead atoms. The normalized spacial score (nSPS) is 12.6. The second-order valence-corrected chi connectivity index (χ2v) is 4.86. The number of hydrogen-bond donors (Lipinski definition) is 1. The van der Waals surface area contributed by atoms with Gasteiger partial charge < -0.3 is 9.63 Å². The Kier molecular flexibility index (Phi) is 4.14. The highest BCUT2D eigenvalue weighted by atomic mass is 16.5. The molecule has 0 saturated carbocycles. The summed E-state index contributed by atoms with van der Waals surface area (Å²) in [5.41, 5.74) is 2.76. The quantitative estimate of drug-likeness (QED) is 0.898. The van der Waals surface area contributed by atoms with Gasteiger partial charge in [0.25, 0.3) is 0 Å².